The van der Waals surface area contributed by atoms with E-state index in [9.17, 15) is 14.4 Å². The topological polar surface area (TPSA) is 97.0 Å². The molecule has 2 rings (SSSR count). The molecule has 0 aliphatic rings. The van der Waals surface area contributed by atoms with Crippen molar-refractivity contribution in [3.63, 3.8) is 0 Å². The highest BCUT2D eigenvalue weighted by Gasteiger charge is 2.43. The van der Waals surface area contributed by atoms with Crippen LogP contribution in [0.3, 0.4) is 0 Å². The van der Waals surface area contributed by atoms with E-state index in [-0.39, 0.29) is 11.7 Å². The highest BCUT2D eigenvalue weighted by atomic mass is 32.1. The molecule has 39 heavy (non-hydrogen) atoms. The molecule has 0 spiro atoms. The molecule has 0 heterocycles. The molecule has 2 unspecified atom stereocenters. The van der Waals surface area contributed by atoms with Gasteiger partial charge in [0, 0.05) is 17.0 Å². The molecule has 0 radical (unpaired) electrons. The minimum absolute atomic E-state index is 0.0219. The fraction of sp³-hybridized carbons (Fsp3) is 0.500. The van der Waals surface area contributed by atoms with Crippen LogP contribution in [0.25, 0.3) is 0 Å². The van der Waals surface area contributed by atoms with E-state index >= 15 is 0 Å². The number of rotatable bonds is 10. The lowest BCUT2D eigenvalue weighted by Crippen LogP contribution is -2.59. The van der Waals surface area contributed by atoms with Gasteiger partial charge in [0.1, 0.15) is 23.4 Å². The predicted molar refractivity (Wildman–Crippen MR) is 159 cm³/mol. The van der Waals surface area contributed by atoms with Crippen LogP contribution in [-0.4, -0.2) is 52.9 Å². The average Bonchev–Trinajstić information content (AvgIpc) is 2.85. The van der Waals surface area contributed by atoms with Gasteiger partial charge in [0.25, 0.3) is 5.91 Å². The van der Waals surface area contributed by atoms with E-state index in [2.05, 4.69) is 23.3 Å². The lowest BCUT2D eigenvalue weighted by Gasteiger charge is -2.44. The Bertz CT molecular complexity index is 1160. The molecule has 0 saturated heterocycles. The number of hydrogen-bond donors (Lipinski definition) is 3. The molecule has 2 N–H and O–H groups in total. The number of ether oxygens (including phenoxy) is 2. The summed E-state index contributed by atoms with van der Waals surface area (Å²) in [5.74, 6) is -0.129. The van der Waals surface area contributed by atoms with Gasteiger partial charge in [-0.05, 0) is 90.3 Å². The van der Waals surface area contributed by atoms with E-state index in [4.69, 9.17) is 9.47 Å². The summed E-state index contributed by atoms with van der Waals surface area (Å²) < 4.78 is 10.6. The number of benzene rings is 2. The maximum Gasteiger partial charge on any atom is 0.408 e. The van der Waals surface area contributed by atoms with Crippen molar-refractivity contribution >= 4 is 36.2 Å². The van der Waals surface area contributed by atoms with Gasteiger partial charge < -0.3 is 25.0 Å². The second-order valence-corrected chi connectivity index (χ2v) is 11.6. The van der Waals surface area contributed by atoms with Crippen LogP contribution in [0.5, 0.6) is 5.75 Å². The van der Waals surface area contributed by atoms with Gasteiger partial charge in [-0.1, -0.05) is 30.7 Å². The van der Waals surface area contributed by atoms with Crippen molar-refractivity contribution in [1.82, 2.24) is 10.2 Å². The van der Waals surface area contributed by atoms with Crippen molar-refractivity contribution in [3.05, 3.63) is 59.2 Å². The fourth-order valence-corrected chi connectivity index (χ4v) is 4.41. The number of carbonyl (C=O) groups is 3. The smallest absolute Gasteiger partial charge is 0.408 e. The number of alkyl carbamates (subject to hydrolysis) is 1. The number of hydrogen-bond acceptors (Lipinski definition) is 6. The minimum atomic E-state index is -1.02. The zero-order valence-electron chi connectivity index (χ0n) is 24.5. The number of carbonyl (C=O) groups excluding carboxylic acids is 3. The number of nitrogens with one attached hydrogen (secondary N) is 2. The molecule has 0 bridgehead atoms. The number of methoxy groups -OCH3 is 1. The van der Waals surface area contributed by atoms with Crippen molar-refractivity contribution in [2.45, 2.75) is 85.0 Å². The van der Waals surface area contributed by atoms with Crippen molar-refractivity contribution in [1.29, 1.82) is 0 Å². The third-order valence-corrected chi connectivity index (χ3v) is 6.88. The summed E-state index contributed by atoms with van der Waals surface area (Å²) in [7, 11) is 1.57. The van der Waals surface area contributed by atoms with Crippen molar-refractivity contribution in [2.75, 3.05) is 18.2 Å². The Morgan fingerprint density at radius 3 is 2.10 bits per heavy atom. The summed E-state index contributed by atoms with van der Waals surface area (Å²) >= 11 is 4.37. The first-order valence-corrected chi connectivity index (χ1v) is 13.7. The molecule has 8 nitrogen and oxygen atoms in total. The maximum atomic E-state index is 14.2. The van der Waals surface area contributed by atoms with Crippen LogP contribution in [-0.2, 0) is 14.3 Å². The van der Waals surface area contributed by atoms with Crippen LogP contribution in [0.4, 0.5) is 10.5 Å². The highest BCUT2D eigenvalue weighted by molar-refractivity contribution is 7.80. The van der Waals surface area contributed by atoms with Gasteiger partial charge in [0.05, 0.1) is 7.11 Å². The summed E-state index contributed by atoms with van der Waals surface area (Å²) in [6.45, 7) is 14.9. The zero-order chi connectivity index (χ0) is 29.5. The van der Waals surface area contributed by atoms with Crippen LogP contribution in [0.15, 0.2) is 42.5 Å². The zero-order valence-corrected chi connectivity index (χ0v) is 25.4. The molecule has 0 aromatic heterocycles. The van der Waals surface area contributed by atoms with Gasteiger partial charge in [-0.15, -0.1) is 0 Å². The third-order valence-electron chi connectivity index (χ3n) is 6.51. The number of nitrogens with zero attached hydrogens (tertiary/aromatic N) is 1. The Labute approximate surface area is 238 Å². The molecule has 0 fully saturated rings. The largest absolute Gasteiger partial charge is 0.497 e. The standard InChI is InChI=1S/C30H43N3O5S/c1-10-30(7,8)33(27(35)24(18-39)32-28(36)38-29(4,5)6)25(23-16-11-19(2)17-20(23)3)26(34)31-21-12-14-22(37-9)15-13-21/h11-17,24-25,39H,10,18H2,1-9H3,(H,31,34)(H,32,36). The van der Waals surface area contributed by atoms with Crippen LogP contribution in [0.1, 0.15) is 70.7 Å². The first-order valence-electron chi connectivity index (χ1n) is 13.1. The summed E-state index contributed by atoms with van der Waals surface area (Å²) in [4.78, 5) is 42.5. The molecule has 2 atom stereocenters. The molecule has 214 valence electrons. The SMILES string of the molecule is CCC(C)(C)N(C(=O)C(CS)NC(=O)OC(C)(C)C)C(C(=O)Nc1ccc(OC)cc1)c1ccc(C)cc1C. The summed E-state index contributed by atoms with van der Waals surface area (Å²) in [5.41, 5.74) is 1.67. The average molecular weight is 558 g/mol. The van der Waals surface area contributed by atoms with E-state index in [1.165, 1.54) is 0 Å². The molecule has 9 heteroatoms. The lowest BCUT2D eigenvalue weighted by atomic mass is 9.90. The Balaban J connectivity index is 2.61. The number of anilines is 1. The van der Waals surface area contributed by atoms with Gasteiger partial charge in [-0.2, -0.15) is 12.6 Å². The van der Waals surface area contributed by atoms with E-state index < -0.39 is 35.2 Å². The van der Waals surface area contributed by atoms with Crippen LogP contribution in [0, 0.1) is 13.8 Å². The minimum Gasteiger partial charge on any atom is -0.497 e. The van der Waals surface area contributed by atoms with E-state index in [1.807, 2.05) is 52.8 Å². The molecule has 0 saturated carbocycles. The van der Waals surface area contributed by atoms with Crippen molar-refractivity contribution in [3.8, 4) is 5.75 Å². The first kappa shape index (κ1) is 32.0. The highest BCUT2D eigenvalue weighted by Crippen LogP contribution is 2.35. The Morgan fingerprint density at radius 1 is 1.00 bits per heavy atom. The third kappa shape index (κ3) is 8.65. The van der Waals surface area contributed by atoms with E-state index in [0.29, 0.717) is 23.4 Å². The number of aryl methyl sites for hydroxylation is 2. The fourth-order valence-electron chi connectivity index (χ4n) is 4.16. The van der Waals surface area contributed by atoms with Crippen molar-refractivity contribution < 1.29 is 23.9 Å². The van der Waals surface area contributed by atoms with Gasteiger partial charge in [0.2, 0.25) is 5.91 Å². The Kier molecular flexibility index (Phi) is 10.9. The first-order chi connectivity index (χ1) is 18.1. The van der Waals surface area contributed by atoms with Crippen LogP contribution in [0.2, 0.25) is 0 Å². The van der Waals surface area contributed by atoms with E-state index in [1.54, 1.807) is 57.0 Å². The molecule has 3 amide bonds. The predicted octanol–water partition coefficient (Wildman–Crippen LogP) is 5.83. The molecule has 2 aromatic rings. The molecule has 0 aliphatic carbocycles. The maximum absolute atomic E-state index is 14.2. The van der Waals surface area contributed by atoms with Gasteiger partial charge in [-0.25, -0.2) is 4.79 Å². The molecular formula is C30H43N3O5S. The number of thiol groups is 1. The molecule has 2 aromatic carbocycles. The van der Waals surface area contributed by atoms with E-state index in [0.717, 1.165) is 11.1 Å². The normalized spacial score (nSPS) is 13.2. The van der Waals surface area contributed by atoms with Gasteiger partial charge in [-0.3, -0.25) is 9.59 Å². The Hall–Kier alpha value is -3.20. The second-order valence-electron chi connectivity index (χ2n) is 11.2. The summed E-state index contributed by atoms with van der Waals surface area (Å²) in [5, 5.41) is 5.63. The van der Waals surface area contributed by atoms with Crippen molar-refractivity contribution in [2.24, 2.45) is 0 Å². The lowest BCUT2D eigenvalue weighted by molar-refractivity contribution is -0.147. The summed E-state index contributed by atoms with van der Waals surface area (Å²) in [6.07, 6.45) is -0.170. The van der Waals surface area contributed by atoms with Crippen LogP contribution >= 0.6 is 12.6 Å². The van der Waals surface area contributed by atoms with Crippen LogP contribution < -0.4 is 15.4 Å². The Morgan fingerprint density at radius 2 is 1.62 bits per heavy atom. The quantitative estimate of drug-likeness (QED) is 0.319. The monoisotopic (exact) mass is 557 g/mol. The molecule has 0 aliphatic heterocycles. The summed E-state index contributed by atoms with van der Waals surface area (Å²) in [6, 6.07) is 10.8. The molecular weight excluding hydrogens is 514 g/mol. The number of amides is 3. The van der Waals surface area contributed by atoms with Gasteiger partial charge in [0.15, 0.2) is 0 Å². The second kappa shape index (κ2) is 13.2. The van der Waals surface area contributed by atoms with Gasteiger partial charge >= 0.3 is 6.09 Å².